The molecule has 0 unspecified atom stereocenters. The highest BCUT2D eigenvalue weighted by molar-refractivity contribution is 5.88. The van der Waals surface area contributed by atoms with Crippen LogP contribution >= 0.6 is 0 Å². The predicted molar refractivity (Wildman–Crippen MR) is 91.4 cm³/mol. The fraction of sp³-hybridized carbons (Fsp3) is 0.263. The molecule has 6 nitrogen and oxygen atoms in total. The summed E-state index contributed by atoms with van der Waals surface area (Å²) in [4.78, 5) is 22.2. The van der Waals surface area contributed by atoms with Crippen molar-refractivity contribution in [3.05, 3.63) is 59.7 Å². The first kappa shape index (κ1) is 18.3. The molecule has 0 radical (unpaired) electrons. The predicted octanol–water partition coefficient (Wildman–Crippen LogP) is 4.06. The van der Waals surface area contributed by atoms with Gasteiger partial charge in [-0.1, -0.05) is 26.0 Å². The highest BCUT2D eigenvalue weighted by Gasteiger charge is 2.31. The lowest BCUT2D eigenvalue weighted by molar-refractivity contribution is -0.118. The van der Waals surface area contributed by atoms with Crippen LogP contribution in [0.15, 0.2) is 48.5 Å². The van der Waals surface area contributed by atoms with Crippen molar-refractivity contribution in [1.29, 1.82) is 0 Å². The maximum Gasteiger partial charge on any atom is 0.335 e. The van der Waals surface area contributed by atoms with Crippen LogP contribution in [0.1, 0.15) is 47.4 Å². The van der Waals surface area contributed by atoms with E-state index in [1.165, 1.54) is 24.3 Å². The first-order valence-electron chi connectivity index (χ1n) is 7.94. The third-order valence-corrected chi connectivity index (χ3v) is 3.85. The zero-order chi connectivity index (χ0) is 18.4. The van der Waals surface area contributed by atoms with Gasteiger partial charge in [0.1, 0.15) is 11.5 Å². The van der Waals surface area contributed by atoms with E-state index in [9.17, 15) is 9.59 Å². The Morgan fingerprint density at radius 1 is 0.840 bits per heavy atom. The van der Waals surface area contributed by atoms with Gasteiger partial charge in [-0.3, -0.25) is 0 Å². The summed E-state index contributed by atoms with van der Waals surface area (Å²) in [6, 6.07) is 12.3. The van der Waals surface area contributed by atoms with Crippen LogP contribution in [-0.4, -0.2) is 27.9 Å². The summed E-state index contributed by atoms with van der Waals surface area (Å²) in [5, 5.41) is 18.2. The number of aromatic carboxylic acids is 2. The number of hydrogen-bond acceptors (Lipinski definition) is 4. The number of rotatable bonds is 8. The lowest BCUT2D eigenvalue weighted by Crippen LogP contribution is -2.41. The van der Waals surface area contributed by atoms with E-state index in [1.807, 2.05) is 13.8 Å². The quantitative estimate of drug-likeness (QED) is 0.702. The first-order chi connectivity index (χ1) is 11.9. The van der Waals surface area contributed by atoms with Crippen LogP contribution in [0.2, 0.25) is 0 Å². The molecule has 6 heteroatoms. The van der Waals surface area contributed by atoms with Crippen LogP contribution in [0.5, 0.6) is 11.5 Å². The molecule has 132 valence electrons. The molecule has 2 rings (SSSR count). The average Bonchev–Trinajstić information content (AvgIpc) is 2.61. The Hall–Kier alpha value is -3.02. The van der Waals surface area contributed by atoms with Gasteiger partial charge in [0, 0.05) is 12.8 Å². The van der Waals surface area contributed by atoms with Crippen molar-refractivity contribution < 1.29 is 29.3 Å². The Kier molecular flexibility index (Phi) is 5.64. The van der Waals surface area contributed by atoms with Gasteiger partial charge in [-0.15, -0.1) is 0 Å². The van der Waals surface area contributed by atoms with E-state index >= 15 is 0 Å². The van der Waals surface area contributed by atoms with E-state index in [2.05, 4.69) is 0 Å². The fourth-order valence-electron chi connectivity index (χ4n) is 2.37. The second kappa shape index (κ2) is 7.70. The third-order valence-electron chi connectivity index (χ3n) is 3.85. The van der Waals surface area contributed by atoms with Crippen LogP contribution in [-0.2, 0) is 0 Å². The smallest absolute Gasteiger partial charge is 0.335 e. The van der Waals surface area contributed by atoms with Crippen molar-refractivity contribution in [2.75, 3.05) is 0 Å². The standard InChI is InChI=1S/C19H20O6/c1-3-19(4-2,24-15-9-5-7-13(11-15)17(20)21)25-16-10-6-8-14(12-16)18(22)23/h5-12H,3-4H2,1-2H3,(H,20,21)(H,22,23). The molecule has 0 aromatic heterocycles. The van der Waals surface area contributed by atoms with Gasteiger partial charge in [-0.05, 0) is 36.4 Å². The summed E-state index contributed by atoms with van der Waals surface area (Å²) in [7, 11) is 0. The number of carboxylic acid groups (broad SMARTS) is 2. The Labute approximate surface area is 145 Å². The summed E-state index contributed by atoms with van der Waals surface area (Å²) in [6.45, 7) is 3.76. The summed E-state index contributed by atoms with van der Waals surface area (Å²) in [5.74, 6) is -2.37. The van der Waals surface area contributed by atoms with Crippen LogP contribution in [0, 0.1) is 0 Å². The lowest BCUT2D eigenvalue weighted by atomic mass is 10.1. The molecule has 0 saturated carbocycles. The molecule has 0 fully saturated rings. The Bertz CT molecular complexity index is 703. The minimum Gasteiger partial charge on any atom is -0.478 e. The van der Waals surface area contributed by atoms with Crippen molar-refractivity contribution in [3.8, 4) is 11.5 Å². The largest absolute Gasteiger partial charge is 0.478 e. The number of carboxylic acids is 2. The van der Waals surface area contributed by atoms with Crippen LogP contribution in [0.3, 0.4) is 0 Å². The van der Waals surface area contributed by atoms with Gasteiger partial charge in [0.2, 0.25) is 0 Å². The minimum atomic E-state index is -1.04. The normalized spacial score (nSPS) is 11.0. The second-order valence-corrected chi connectivity index (χ2v) is 5.49. The van der Waals surface area contributed by atoms with E-state index in [0.29, 0.717) is 24.3 Å². The molecule has 25 heavy (non-hydrogen) atoms. The number of carbonyl (C=O) groups is 2. The molecule has 0 spiro atoms. The number of benzene rings is 2. The Balaban J connectivity index is 2.29. The van der Waals surface area contributed by atoms with Crippen molar-refractivity contribution in [2.45, 2.75) is 32.5 Å². The molecule has 0 atom stereocenters. The van der Waals surface area contributed by atoms with Gasteiger partial charge >= 0.3 is 11.9 Å². The van der Waals surface area contributed by atoms with Gasteiger partial charge in [0.25, 0.3) is 5.79 Å². The third kappa shape index (κ3) is 4.50. The van der Waals surface area contributed by atoms with Crippen LogP contribution in [0.25, 0.3) is 0 Å². The van der Waals surface area contributed by atoms with Crippen molar-refractivity contribution in [1.82, 2.24) is 0 Å². The van der Waals surface area contributed by atoms with Crippen molar-refractivity contribution in [3.63, 3.8) is 0 Å². The van der Waals surface area contributed by atoms with Gasteiger partial charge in [-0.2, -0.15) is 0 Å². The van der Waals surface area contributed by atoms with E-state index in [1.54, 1.807) is 24.3 Å². The summed E-state index contributed by atoms with van der Waals surface area (Å²) < 4.78 is 11.9. The molecule has 2 aromatic rings. The summed E-state index contributed by atoms with van der Waals surface area (Å²) in [5.41, 5.74) is 0.234. The number of hydrogen-bond donors (Lipinski definition) is 2. The lowest BCUT2D eigenvalue weighted by Gasteiger charge is -2.33. The molecule has 2 aromatic carbocycles. The molecule has 0 saturated heterocycles. The van der Waals surface area contributed by atoms with E-state index < -0.39 is 17.7 Å². The van der Waals surface area contributed by atoms with Crippen LogP contribution < -0.4 is 9.47 Å². The maximum absolute atomic E-state index is 11.1. The molecule has 0 aliphatic heterocycles. The van der Waals surface area contributed by atoms with Crippen molar-refractivity contribution >= 4 is 11.9 Å². The molecule has 0 bridgehead atoms. The Morgan fingerprint density at radius 2 is 1.24 bits per heavy atom. The summed E-state index contributed by atoms with van der Waals surface area (Å²) >= 11 is 0. The highest BCUT2D eigenvalue weighted by atomic mass is 16.7. The zero-order valence-corrected chi connectivity index (χ0v) is 14.1. The molecule has 0 amide bonds. The zero-order valence-electron chi connectivity index (χ0n) is 14.1. The molecule has 2 N–H and O–H groups in total. The Morgan fingerprint density at radius 3 is 1.56 bits per heavy atom. The van der Waals surface area contributed by atoms with Crippen molar-refractivity contribution in [2.24, 2.45) is 0 Å². The molecule has 0 aliphatic rings. The van der Waals surface area contributed by atoms with E-state index in [0.717, 1.165) is 0 Å². The fourth-order valence-corrected chi connectivity index (χ4v) is 2.37. The topological polar surface area (TPSA) is 93.1 Å². The molecular weight excluding hydrogens is 324 g/mol. The minimum absolute atomic E-state index is 0.117. The number of ether oxygens (including phenoxy) is 2. The SMILES string of the molecule is CCC(CC)(Oc1cccc(C(=O)O)c1)Oc1cccc(C(=O)O)c1. The van der Waals surface area contributed by atoms with E-state index in [4.69, 9.17) is 19.7 Å². The van der Waals surface area contributed by atoms with Gasteiger partial charge < -0.3 is 19.7 Å². The summed E-state index contributed by atoms with van der Waals surface area (Å²) in [6.07, 6.45) is 0.968. The first-order valence-corrected chi connectivity index (χ1v) is 7.94. The molecular formula is C19H20O6. The maximum atomic E-state index is 11.1. The molecule has 0 aliphatic carbocycles. The monoisotopic (exact) mass is 344 g/mol. The van der Waals surface area contributed by atoms with Gasteiger partial charge in [0.05, 0.1) is 11.1 Å². The average molecular weight is 344 g/mol. The molecule has 0 heterocycles. The second-order valence-electron chi connectivity index (χ2n) is 5.49. The van der Waals surface area contributed by atoms with Crippen LogP contribution in [0.4, 0.5) is 0 Å². The van der Waals surface area contributed by atoms with Gasteiger partial charge in [0.15, 0.2) is 0 Å². The van der Waals surface area contributed by atoms with E-state index in [-0.39, 0.29) is 11.1 Å². The highest BCUT2D eigenvalue weighted by Crippen LogP contribution is 2.29. The van der Waals surface area contributed by atoms with Gasteiger partial charge in [-0.25, -0.2) is 9.59 Å².